The topological polar surface area (TPSA) is 0 Å². The first kappa shape index (κ1) is 30.4. The summed E-state index contributed by atoms with van der Waals surface area (Å²) in [6, 6.07) is 10.0. The molecule has 0 unspecified atom stereocenters. The van der Waals surface area contributed by atoms with Gasteiger partial charge in [-0.15, -0.1) is 0 Å². The Morgan fingerprint density at radius 2 is 1.10 bits per heavy atom. The molecule has 0 bridgehead atoms. The molecule has 0 atom stereocenters. The third-order valence-electron chi connectivity index (χ3n) is 0.556. The number of rotatable bonds is 0. The summed E-state index contributed by atoms with van der Waals surface area (Å²) >= 11 is 0. The molecule has 0 aliphatic rings. The fourth-order valence-electron chi connectivity index (χ4n) is 0.321. The van der Waals surface area contributed by atoms with Crippen LogP contribution in [0, 0.1) is 7.43 Å². The van der Waals surface area contributed by atoms with E-state index < -0.39 is 0 Å². The van der Waals surface area contributed by atoms with Crippen LogP contribution in [0.5, 0.6) is 0 Å². The summed E-state index contributed by atoms with van der Waals surface area (Å²) in [7, 11) is 0. The van der Waals surface area contributed by atoms with Gasteiger partial charge in [-0.3, -0.25) is 0 Å². The van der Waals surface area contributed by atoms with Crippen LogP contribution in [0.4, 0.5) is 0 Å². The molecule has 1 aromatic rings. The van der Waals surface area contributed by atoms with Crippen LogP contribution in [0.3, 0.4) is 0 Å². The van der Waals surface area contributed by atoms with Crippen LogP contribution in [0.25, 0.3) is 0 Å². The number of hydrogen-bond acceptors (Lipinski definition) is 0. The molecule has 0 aromatic heterocycles. The Hall–Kier alpha value is 1.09. The minimum atomic E-state index is 0. The van der Waals surface area contributed by atoms with Gasteiger partial charge in [0.05, 0.1) is 0 Å². The molecule has 1 aromatic carbocycles. The second-order valence-corrected chi connectivity index (χ2v) is 0.962. The minimum Gasteiger partial charge on any atom is -1.00 e. The Kier molecular flexibility index (Phi) is 68.4. The minimum absolute atomic E-state index is 0. The van der Waals surface area contributed by atoms with Crippen molar-refractivity contribution in [1.29, 1.82) is 0 Å². The molecule has 0 saturated carbocycles. The van der Waals surface area contributed by atoms with E-state index in [1.807, 2.05) is 30.3 Å². The van der Waals surface area contributed by atoms with E-state index in [4.69, 9.17) is 0 Å². The number of halogens is 3. The van der Waals surface area contributed by atoms with Gasteiger partial charge in [-0.05, 0) is 0 Å². The Labute approximate surface area is 100 Å². The molecule has 10 heavy (non-hydrogen) atoms. The predicted octanol–water partition coefficient (Wildman–Crippen LogP) is -7.13. The summed E-state index contributed by atoms with van der Waals surface area (Å²) in [4.78, 5) is 0. The largest absolute Gasteiger partial charge is 1.00 e. The third kappa shape index (κ3) is 16.0. The van der Waals surface area contributed by atoms with Crippen LogP contribution < -0.4 is 37.2 Å². The van der Waals surface area contributed by atoms with E-state index in [1.165, 1.54) is 0 Å². The van der Waals surface area contributed by atoms with Gasteiger partial charge >= 0.3 is 0 Å². The van der Waals surface area contributed by atoms with Crippen molar-refractivity contribution in [2.45, 2.75) is 0 Å². The van der Waals surface area contributed by atoms with Crippen LogP contribution in [0.15, 0.2) is 30.3 Å². The summed E-state index contributed by atoms with van der Waals surface area (Å²) in [5.41, 5.74) is 0. The van der Waals surface area contributed by atoms with Gasteiger partial charge in [-0.2, -0.15) is 18.2 Å². The standard InChI is InChI=1S/C5H5.CH3.3ClH.Hf/c1-2-4-5-3-1;;;;;/h1-5H;1H3;3*1H;/q2*-1;;;;/p-3. The van der Waals surface area contributed by atoms with Crippen LogP contribution in [-0.2, 0) is 25.8 Å². The molecule has 0 aliphatic heterocycles. The first-order valence-electron chi connectivity index (χ1n) is 1.67. The normalized spacial score (nSPS) is 4.00. The molecule has 0 heterocycles. The van der Waals surface area contributed by atoms with Crippen molar-refractivity contribution in [3.63, 3.8) is 0 Å². The van der Waals surface area contributed by atoms with Gasteiger partial charge in [0, 0.05) is 25.8 Å². The summed E-state index contributed by atoms with van der Waals surface area (Å²) < 4.78 is 0. The smallest absolute Gasteiger partial charge is 0 e. The monoisotopic (exact) mass is 365 g/mol. The van der Waals surface area contributed by atoms with Crippen molar-refractivity contribution in [1.82, 2.24) is 0 Å². The zero-order chi connectivity index (χ0) is 3.54. The van der Waals surface area contributed by atoms with E-state index in [0.29, 0.717) is 0 Å². The van der Waals surface area contributed by atoms with Gasteiger partial charge in [-0.25, -0.2) is 12.1 Å². The van der Waals surface area contributed by atoms with Gasteiger partial charge in [-0.1, -0.05) is 0 Å². The van der Waals surface area contributed by atoms with Crippen molar-refractivity contribution in [2.75, 3.05) is 0 Å². The summed E-state index contributed by atoms with van der Waals surface area (Å²) in [5, 5.41) is 0. The molecular weight excluding hydrogens is 357 g/mol. The van der Waals surface area contributed by atoms with E-state index in [0.717, 1.165) is 0 Å². The maximum atomic E-state index is 2.00. The summed E-state index contributed by atoms with van der Waals surface area (Å²) in [6.45, 7) is 0. The fraction of sp³-hybridized carbons (Fsp3) is 0. The third-order valence-corrected chi connectivity index (χ3v) is 0.556. The second-order valence-electron chi connectivity index (χ2n) is 0.962. The average molecular weight is 365 g/mol. The van der Waals surface area contributed by atoms with Crippen molar-refractivity contribution in [2.24, 2.45) is 0 Å². The van der Waals surface area contributed by atoms with Crippen LogP contribution in [0.1, 0.15) is 0 Å². The van der Waals surface area contributed by atoms with Crippen molar-refractivity contribution >= 4 is 0 Å². The molecule has 0 radical (unpaired) electrons. The zero-order valence-corrected chi connectivity index (χ0v) is 11.4. The molecule has 0 saturated heterocycles. The molecule has 0 spiro atoms. The maximum Gasteiger partial charge on any atom is 0 e. The van der Waals surface area contributed by atoms with Crippen molar-refractivity contribution < 1.29 is 63.1 Å². The Balaban J connectivity index is -0.0000000167. The summed E-state index contributed by atoms with van der Waals surface area (Å²) in [5.74, 6) is 0. The Morgan fingerprint density at radius 1 is 0.800 bits per heavy atom. The van der Waals surface area contributed by atoms with E-state index in [2.05, 4.69) is 0 Å². The van der Waals surface area contributed by atoms with E-state index >= 15 is 0 Å². The van der Waals surface area contributed by atoms with E-state index in [-0.39, 0.29) is 70.5 Å². The maximum absolute atomic E-state index is 2.00. The van der Waals surface area contributed by atoms with Gasteiger partial charge in [0.1, 0.15) is 0 Å². The average Bonchev–Trinajstić information content (AvgIpc) is 1.76. The van der Waals surface area contributed by atoms with Gasteiger partial charge in [0.2, 0.25) is 0 Å². The van der Waals surface area contributed by atoms with Gasteiger partial charge in [0.15, 0.2) is 0 Å². The molecule has 0 nitrogen and oxygen atoms in total. The van der Waals surface area contributed by atoms with Gasteiger partial charge < -0.3 is 44.6 Å². The van der Waals surface area contributed by atoms with Crippen LogP contribution in [-0.4, -0.2) is 0 Å². The zero-order valence-electron chi connectivity index (χ0n) is 5.52. The first-order chi connectivity index (χ1) is 2.50. The Morgan fingerprint density at radius 3 is 1.20 bits per heavy atom. The van der Waals surface area contributed by atoms with E-state index in [1.54, 1.807) is 0 Å². The predicted molar refractivity (Wildman–Crippen MR) is 28.4 cm³/mol. The molecule has 62 valence electrons. The quantitative estimate of drug-likeness (QED) is 0.317. The van der Waals surface area contributed by atoms with Crippen LogP contribution in [0.2, 0.25) is 0 Å². The van der Waals surface area contributed by atoms with Gasteiger partial charge in [0.25, 0.3) is 0 Å². The second kappa shape index (κ2) is 22.5. The first-order valence-corrected chi connectivity index (χ1v) is 1.67. The molecule has 1 rings (SSSR count). The summed E-state index contributed by atoms with van der Waals surface area (Å²) in [6.07, 6.45) is 0. The van der Waals surface area contributed by atoms with Crippen molar-refractivity contribution in [3.8, 4) is 0 Å². The molecule has 0 fully saturated rings. The SMILES string of the molecule is [CH3-].[Cl-].[Cl-].[Cl-].[Hf].c1cc[cH-]c1. The molecular formula is C6H8Cl3Hf-5. The Bertz CT molecular complexity index is 69.5. The number of hydrogen-bond donors (Lipinski definition) is 0. The molecule has 0 amide bonds. The molecule has 0 aliphatic carbocycles. The van der Waals surface area contributed by atoms with Crippen LogP contribution >= 0.6 is 0 Å². The molecule has 0 N–H and O–H groups in total. The van der Waals surface area contributed by atoms with Crippen molar-refractivity contribution in [3.05, 3.63) is 37.8 Å². The van der Waals surface area contributed by atoms with E-state index in [9.17, 15) is 0 Å². The fourth-order valence-corrected chi connectivity index (χ4v) is 0.321. The molecule has 4 heteroatoms.